The van der Waals surface area contributed by atoms with Crippen LogP contribution >= 0.6 is 0 Å². The summed E-state index contributed by atoms with van der Waals surface area (Å²) >= 11 is 0. The molecule has 0 spiro atoms. The van der Waals surface area contributed by atoms with E-state index >= 15 is 0 Å². The van der Waals surface area contributed by atoms with Gasteiger partial charge in [-0.05, 0) is 17.7 Å². The summed E-state index contributed by atoms with van der Waals surface area (Å²) in [7, 11) is 0. The third-order valence-electron chi connectivity index (χ3n) is 1.19. The zero-order valence-electron chi connectivity index (χ0n) is 5.62. The second-order valence-corrected chi connectivity index (χ2v) is 1.94. The highest BCUT2D eigenvalue weighted by Crippen LogP contribution is 1.93. The van der Waals surface area contributed by atoms with Gasteiger partial charge in [-0.2, -0.15) is 0 Å². The van der Waals surface area contributed by atoms with Crippen LogP contribution < -0.4 is 5.32 Å². The van der Waals surface area contributed by atoms with Crippen LogP contribution in [0.3, 0.4) is 0 Å². The van der Waals surface area contributed by atoms with Crippen LogP contribution in [0.1, 0.15) is 5.56 Å². The van der Waals surface area contributed by atoms with Gasteiger partial charge in [-0.3, -0.25) is 10.3 Å². The lowest BCUT2D eigenvalue weighted by molar-refractivity contribution is 0.259. The predicted molar refractivity (Wildman–Crippen MR) is 38.2 cm³/mol. The SMILES string of the molecule is OCNCc1ccncc1. The molecule has 0 radical (unpaired) electrons. The molecule has 0 fully saturated rings. The summed E-state index contributed by atoms with van der Waals surface area (Å²) in [6.45, 7) is 0.710. The Kier molecular flexibility index (Phi) is 2.86. The fourth-order valence-electron chi connectivity index (χ4n) is 0.701. The number of hydrogen-bond acceptors (Lipinski definition) is 3. The molecule has 0 aliphatic heterocycles. The molecule has 54 valence electrons. The van der Waals surface area contributed by atoms with Crippen LogP contribution in [0.4, 0.5) is 0 Å². The lowest BCUT2D eigenvalue weighted by Gasteiger charge is -1.98. The second-order valence-electron chi connectivity index (χ2n) is 1.94. The maximum Gasteiger partial charge on any atom is 0.0934 e. The molecule has 3 nitrogen and oxygen atoms in total. The molecule has 0 saturated carbocycles. The van der Waals surface area contributed by atoms with Crippen LogP contribution in [-0.2, 0) is 6.54 Å². The third kappa shape index (κ3) is 2.13. The van der Waals surface area contributed by atoms with Crippen LogP contribution in [0.5, 0.6) is 0 Å². The van der Waals surface area contributed by atoms with Crippen molar-refractivity contribution in [1.29, 1.82) is 0 Å². The first-order chi connectivity index (χ1) is 4.93. The Morgan fingerprint density at radius 1 is 1.40 bits per heavy atom. The molecule has 1 rings (SSSR count). The van der Waals surface area contributed by atoms with Crippen LogP contribution in [0.25, 0.3) is 0 Å². The van der Waals surface area contributed by atoms with Gasteiger partial charge in [0.1, 0.15) is 0 Å². The second kappa shape index (κ2) is 3.98. The standard InChI is InChI=1S/C7H10N2O/c10-6-9-5-7-1-3-8-4-2-7/h1-4,9-10H,5-6H2. The summed E-state index contributed by atoms with van der Waals surface area (Å²) in [5.74, 6) is 0. The Labute approximate surface area is 59.7 Å². The smallest absolute Gasteiger partial charge is 0.0934 e. The van der Waals surface area contributed by atoms with Gasteiger partial charge < -0.3 is 5.11 Å². The Morgan fingerprint density at radius 2 is 2.10 bits per heavy atom. The maximum absolute atomic E-state index is 8.40. The number of hydrogen-bond donors (Lipinski definition) is 2. The van der Waals surface area contributed by atoms with Gasteiger partial charge in [0.2, 0.25) is 0 Å². The van der Waals surface area contributed by atoms with Crippen LogP contribution in [0, 0.1) is 0 Å². The van der Waals surface area contributed by atoms with E-state index in [1.807, 2.05) is 12.1 Å². The average Bonchev–Trinajstić information content (AvgIpc) is 2.03. The van der Waals surface area contributed by atoms with E-state index in [0.29, 0.717) is 6.54 Å². The fraction of sp³-hybridized carbons (Fsp3) is 0.286. The van der Waals surface area contributed by atoms with Crippen molar-refractivity contribution in [2.24, 2.45) is 0 Å². The molecule has 0 atom stereocenters. The molecule has 0 unspecified atom stereocenters. The number of aliphatic hydroxyl groups is 1. The molecule has 3 heteroatoms. The van der Waals surface area contributed by atoms with Gasteiger partial charge in [-0.1, -0.05) is 0 Å². The highest BCUT2D eigenvalue weighted by molar-refractivity contribution is 5.08. The molecular weight excluding hydrogens is 128 g/mol. The van der Waals surface area contributed by atoms with Crippen molar-refractivity contribution in [3.63, 3.8) is 0 Å². The van der Waals surface area contributed by atoms with E-state index < -0.39 is 0 Å². The Hall–Kier alpha value is -0.930. The molecule has 1 heterocycles. The van der Waals surface area contributed by atoms with Gasteiger partial charge in [0.25, 0.3) is 0 Å². The van der Waals surface area contributed by atoms with E-state index in [0.717, 1.165) is 5.56 Å². The summed E-state index contributed by atoms with van der Waals surface area (Å²) < 4.78 is 0. The number of pyridine rings is 1. The predicted octanol–water partition coefficient (Wildman–Crippen LogP) is 0.121. The minimum Gasteiger partial charge on any atom is -0.381 e. The van der Waals surface area contributed by atoms with Gasteiger partial charge in [0, 0.05) is 18.9 Å². The highest BCUT2D eigenvalue weighted by Gasteiger charge is 1.86. The summed E-state index contributed by atoms with van der Waals surface area (Å²) in [5.41, 5.74) is 1.13. The molecule has 0 aliphatic carbocycles. The maximum atomic E-state index is 8.40. The van der Waals surface area contributed by atoms with Crippen molar-refractivity contribution in [3.8, 4) is 0 Å². The molecule has 2 N–H and O–H groups in total. The molecule has 0 amide bonds. The average molecular weight is 138 g/mol. The number of nitrogens with zero attached hydrogens (tertiary/aromatic N) is 1. The quantitative estimate of drug-likeness (QED) is 0.583. The third-order valence-corrected chi connectivity index (χ3v) is 1.19. The topological polar surface area (TPSA) is 45.1 Å². The first kappa shape index (κ1) is 7.18. The number of rotatable bonds is 3. The minimum atomic E-state index is 0.0162. The van der Waals surface area contributed by atoms with Crippen molar-refractivity contribution >= 4 is 0 Å². The molecule has 1 aromatic rings. The lowest BCUT2D eigenvalue weighted by atomic mass is 10.3. The van der Waals surface area contributed by atoms with E-state index in [9.17, 15) is 0 Å². The largest absolute Gasteiger partial charge is 0.381 e. The molecule has 0 aromatic carbocycles. The molecule has 0 saturated heterocycles. The van der Waals surface area contributed by atoms with Gasteiger partial charge in [0.15, 0.2) is 0 Å². The number of nitrogens with one attached hydrogen (secondary N) is 1. The van der Waals surface area contributed by atoms with E-state index in [4.69, 9.17) is 5.11 Å². The molecule has 0 bridgehead atoms. The van der Waals surface area contributed by atoms with Crippen LogP contribution in [-0.4, -0.2) is 16.8 Å². The summed E-state index contributed by atoms with van der Waals surface area (Å²) in [6.07, 6.45) is 3.46. The molecular formula is C7H10N2O. The van der Waals surface area contributed by atoms with Crippen molar-refractivity contribution in [1.82, 2.24) is 10.3 Å². The van der Waals surface area contributed by atoms with Gasteiger partial charge in [-0.15, -0.1) is 0 Å². The zero-order chi connectivity index (χ0) is 7.23. The normalized spacial score (nSPS) is 9.70. The monoisotopic (exact) mass is 138 g/mol. The Bertz CT molecular complexity index is 176. The van der Waals surface area contributed by atoms with Crippen LogP contribution in [0.2, 0.25) is 0 Å². The van der Waals surface area contributed by atoms with Gasteiger partial charge in [0.05, 0.1) is 6.73 Å². The van der Waals surface area contributed by atoms with E-state index in [1.54, 1.807) is 12.4 Å². The van der Waals surface area contributed by atoms with Crippen molar-refractivity contribution < 1.29 is 5.11 Å². The molecule has 1 aromatic heterocycles. The summed E-state index contributed by atoms with van der Waals surface area (Å²) in [4.78, 5) is 3.86. The van der Waals surface area contributed by atoms with E-state index in [1.165, 1.54) is 0 Å². The lowest BCUT2D eigenvalue weighted by Crippen LogP contribution is -2.13. The summed E-state index contributed by atoms with van der Waals surface area (Å²) in [5, 5.41) is 11.2. The van der Waals surface area contributed by atoms with E-state index in [2.05, 4.69) is 10.3 Å². The van der Waals surface area contributed by atoms with E-state index in [-0.39, 0.29) is 6.73 Å². The fourth-order valence-corrected chi connectivity index (χ4v) is 0.701. The van der Waals surface area contributed by atoms with Gasteiger partial charge in [-0.25, -0.2) is 0 Å². The Morgan fingerprint density at radius 3 is 2.70 bits per heavy atom. The molecule has 10 heavy (non-hydrogen) atoms. The minimum absolute atomic E-state index is 0.0162. The van der Waals surface area contributed by atoms with Crippen molar-refractivity contribution in [3.05, 3.63) is 30.1 Å². The van der Waals surface area contributed by atoms with Crippen LogP contribution in [0.15, 0.2) is 24.5 Å². The first-order valence-electron chi connectivity index (χ1n) is 3.14. The van der Waals surface area contributed by atoms with Crippen molar-refractivity contribution in [2.75, 3.05) is 6.73 Å². The number of aromatic nitrogens is 1. The zero-order valence-corrected chi connectivity index (χ0v) is 5.62. The summed E-state index contributed by atoms with van der Waals surface area (Å²) in [6, 6.07) is 3.81. The molecule has 0 aliphatic rings. The number of aliphatic hydroxyl groups excluding tert-OH is 1. The Balaban J connectivity index is 2.43. The van der Waals surface area contributed by atoms with Crippen molar-refractivity contribution in [2.45, 2.75) is 6.54 Å². The first-order valence-corrected chi connectivity index (χ1v) is 3.14. The van der Waals surface area contributed by atoms with Gasteiger partial charge >= 0.3 is 0 Å². The highest BCUT2D eigenvalue weighted by atomic mass is 16.3.